The smallest absolute Gasteiger partial charge is 0.221 e. The molecule has 2 aromatic carbocycles. The number of carbonyl (C=O) groups excluding carboxylic acids is 1. The van der Waals surface area contributed by atoms with Gasteiger partial charge in [-0.3, -0.25) is 9.69 Å². The van der Waals surface area contributed by atoms with Gasteiger partial charge in [0.05, 0.1) is 0 Å². The maximum Gasteiger partial charge on any atom is 0.221 e. The van der Waals surface area contributed by atoms with Gasteiger partial charge in [0.15, 0.2) is 0 Å². The minimum Gasteiger partial charge on any atom is -0.369 e. The molecule has 1 saturated heterocycles. The highest BCUT2D eigenvalue weighted by Gasteiger charge is 2.17. The van der Waals surface area contributed by atoms with Crippen LogP contribution in [0.1, 0.15) is 12.0 Å². The molecular weight excluding hydrogens is 365 g/mol. The summed E-state index contributed by atoms with van der Waals surface area (Å²) in [5.74, 6) is -0.121. The van der Waals surface area contributed by atoms with E-state index in [9.17, 15) is 9.18 Å². The van der Waals surface area contributed by atoms with E-state index in [2.05, 4.69) is 15.1 Å². The van der Waals surface area contributed by atoms with Crippen LogP contribution >= 0.6 is 11.6 Å². The summed E-state index contributed by atoms with van der Waals surface area (Å²) >= 11 is 5.87. The lowest BCUT2D eigenvalue weighted by molar-refractivity contribution is -0.121. The third kappa shape index (κ3) is 6.22. The van der Waals surface area contributed by atoms with Gasteiger partial charge < -0.3 is 10.2 Å². The van der Waals surface area contributed by atoms with Crippen LogP contribution in [0.3, 0.4) is 0 Å². The Bertz CT molecular complexity index is 728. The summed E-state index contributed by atoms with van der Waals surface area (Å²) in [5, 5.41) is 3.71. The zero-order chi connectivity index (χ0) is 19.1. The fraction of sp³-hybridized carbons (Fsp3) is 0.381. The quantitative estimate of drug-likeness (QED) is 0.788. The van der Waals surface area contributed by atoms with Crippen LogP contribution in [0.25, 0.3) is 0 Å². The molecule has 0 saturated carbocycles. The fourth-order valence-electron chi connectivity index (χ4n) is 3.23. The number of benzene rings is 2. The monoisotopic (exact) mass is 389 g/mol. The van der Waals surface area contributed by atoms with E-state index in [1.165, 1.54) is 12.1 Å². The number of rotatable bonds is 7. The van der Waals surface area contributed by atoms with Crippen molar-refractivity contribution in [3.05, 3.63) is 64.9 Å². The van der Waals surface area contributed by atoms with Gasteiger partial charge in [0, 0.05) is 56.4 Å². The van der Waals surface area contributed by atoms with Crippen molar-refractivity contribution in [1.29, 1.82) is 0 Å². The van der Waals surface area contributed by atoms with E-state index in [-0.39, 0.29) is 11.7 Å². The van der Waals surface area contributed by atoms with Crippen LogP contribution in [-0.2, 0) is 11.2 Å². The average Bonchev–Trinajstić information content (AvgIpc) is 2.69. The summed E-state index contributed by atoms with van der Waals surface area (Å²) in [6.45, 7) is 5.02. The number of nitrogens with one attached hydrogen (secondary N) is 1. The summed E-state index contributed by atoms with van der Waals surface area (Å²) in [6, 6.07) is 14.3. The van der Waals surface area contributed by atoms with Crippen LogP contribution in [0.4, 0.5) is 10.1 Å². The van der Waals surface area contributed by atoms with E-state index >= 15 is 0 Å². The fourth-order valence-corrected chi connectivity index (χ4v) is 3.35. The predicted octanol–water partition coefficient (Wildman–Crippen LogP) is 3.35. The molecule has 4 nitrogen and oxygen atoms in total. The number of carbonyl (C=O) groups is 1. The molecule has 1 aliphatic rings. The minimum atomic E-state index is -0.209. The maximum absolute atomic E-state index is 13.0. The molecule has 0 unspecified atom stereocenters. The third-order valence-electron chi connectivity index (χ3n) is 4.87. The van der Waals surface area contributed by atoms with Crippen LogP contribution in [0.15, 0.2) is 48.5 Å². The van der Waals surface area contributed by atoms with Crippen molar-refractivity contribution in [2.24, 2.45) is 0 Å². The molecule has 1 amide bonds. The molecule has 3 rings (SSSR count). The van der Waals surface area contributed by atoms with Crippen molar-refractivity contribution in [3.8, 4) is 0 Å². The van der Waals surface area contributed by atoms with Crippen molar-refractivity contribution in [2.45, 2.75) is 12.8 Å². The number of nitrogens with zero attached hydrogens (tertiary/aromatic N) is 2. The van der Waals surface area contributed by atoms with Crippen molar-refractivity contribution in [2.75, 3.05) is 44.2 Å². The Morgan fingerprint density at radius 3 is 2.33 bits per heavy atom. The topological polar surface area (TPSA) is 35.6 Å². The van der Waals surface area contributed by atoms with Gasteiger partial charge >= 0.3 is 0 Å². The third-order valence-corrected chi connectivity index (χ3v) is 5.12. The second kappa shape index (κ2) is 9.72. The predicted molar refractivity (Wildman–Crippen MR) is 108 cm³/mol. The normalized spacial score (nSPS) is 15.0. The Balaban J connectivity index is 1.31. The molecule has 144 valence electrons. The van der Waals surface area contributed by atoms with Crippen molar-refractivity contribution in [1.82, 2.24) is 10.2 Å². The molecule has 1 heterocycles. The Labute approximate surface area is 164 Å². The molecule has 0 aliphatic carbocycles. The van der Waals surface area contributed by atoms with E-state index in [0.29, 0.717) is 13.0 Å². The molecule has 0 spiro atoms. The van der Waals surface area contributed by atoms with Crippen LogP contribution in [0.2, 0.25) is 5.02 Å². The number of hydrogen-bond donors (Lipinski definition) is 1. The lowest BCUT2D eigenvalue weighted by atomic mass is 10.1. The van der Waals surface area contributed by atoms with Gasteiger partial charge in [-0.25, -0.2) is 4.39 Å². The Hall–Kier alpha value is -2.11. The van der Waals surface area contributed by atoms with Crippen molar-refractivity contribution < 1.29 is 9.18 Å². The number of halogens is 2. The van der Waals surface area contributed by atoms with Crippen LogP contribution < -0.4 is 10.2 Å². The number of hydrogen-bond acceptors (Lipinski definition) is 3. The highest BCUT2D eigenvalue weighted by molar-refractivity contribution is 6.30. The van der Waals surface area contributed by atoms with Crippen LogP contribution in [0.5, 0.6) is 0 Å². The van der Waals surface area contributed by atoms with E-state index in [4.69, 9.17) is 11.6 Å². The summed E-state index contributed by atoms with van der Waals surface area (Å²) in [5.41, 5.74) is 2.22. The number of anilines is 1. The Kier molecular flexibility index (Phi) is 7.07. The lowest BCUT2D eigenvalue weighted by Gasteiger charge is -2.36. The Morgan fingerprint density at radius 1 is 1.00 bits per heavy atom. The van der Waals surface area contributed by atoms with Crippen LogP contribution in [-0.4, -0.2) is 50.1 Å². The van der Waals surface area contributed by atoms with E-state index in [1.54, 1.807) is 0 Å². The largest absolute Gasteiger partial charge is 0.369 e. The zero-order valence-electron chi connectivity index (χ0n) is 15.3. The molecule has 1 aliphatic heterocycles. The summed E-state index contributed by atoms with van der Waals surface area (Å²) < 4.78 is 13.0. The van der Waals surface area contributed by atoms with Gasteiger partial charge in [0.2, 0.25) is 5.91 Å². The molecule has 0 bridgehead atoms. The van der Waals surface area contributed by atoms with Gasteiger partial charge in [-0.2, -0.15) is 0 Å². The average molecular weight is 390 g/mol. The number of amides is 1. The standard InChI is InChI=1S/C21H25ClFN3O/c22-18-3-1-17(2-4-18)9-11-24-21(27)10-12-25-13-15-26(16-14-25)20-7-5-19(23)6-8-20/h1-8H,9-16H2,(H,24,27). The molecule has 2 aromatic rings. The zero-order valence-corrected chi connectivity index (χ0v) is 16.1. The molecule has 0 radical (unpaired) electrons. The molecule has 0 aromatic heterocycles. The summed E-state index contributed by atoms with van der Waals surface area (Å²) in [6.07, 6.45) is 1.32. The van der Waals surface area contributed by atoms with E-state index in [1.807, 2.05) is 36.4 Å². The molecule has 27 heavy (non-hydrogen) atoms. The Morgan fingerprint density at radius 2 is 1.67 bits per heavy atom. The highest BCUT2D eigenvalue weighted by atomic mass is 35.5. The van der Waals surface area contributed by atoms with Crippen LogP contribution in [0, 0.1) is 5.82 Å². The molecular formula is C21H25ClFN3O. The van der Waals surface area contributed by atoms with Crippen molar-refractivity contribution in [3.63, 3.8) is 0 Å². The first kappa shape index (κ1) is 19.6. The second-order valence-electron chi connectivity index (χ2n) is 6.78. The van der Waals surface area contributed by atoms with Crippen molar-refractivity contribution >= 4 is 23.2 Å². The van der Waals surface area contributed by atoms with E-state index < -0.39 is 0 Å². The van der Waals surface area contributed by atoms with Gasteiger partial charge in [-0.05, 0) is 48.4 Å². The van der Waals surface area contributed by atoms with Gasteiger partial charge in [0.1, 0.15) is 5.82 Å². The number of piperazine rings is 1. The summed E-state index contributed by atoms with van der Waals surface area (Å²) in [4.78, 5) is 16.6. The van der Waals surface area contributed by atoms with Gasteiger partial charge in [-0.1, -0.05) is 23.7 Å². The van der Waals surface area contributed by atoms with E-state index in [0.717, 1.165) is 55.4 Å². The molecule has 6 heteroatoms. The first-order valence-electron chi connectivity index (χ1n) is 9.34. The summed E-state index contributed by atoms with van der Waals surface area (Å²) in [7, 11) is 0. The molecule has 0 atom stereocenters. The minimum absolute atomic E-state index is 0.0879. The highest BCUT2D eigenvalue weighted by Crippen LogP contribution is 2.17. The first-order valence-corrected chi connectivity index (χ1v) is 9.72. The molecule has 1 fully saturated rings. The van der Waals surface area contributed by atoms with Gasteiger partial charge in [0.25, 0.3) is 0 Å². The second-order valence-corrected chi connectivity index (χ2v) is 7.22. The SMILES string of the molecule is O=C(CCN1CCN(c2ccc(F)cc2)CC1)NCCc1ccc(Cl)cc1. The maximum atomic E-state index is 13.0. The lowest BCUT2D eigenvalue weighted by Crippen LogP contribution is -2.47. The molecule has 1 N–H and O–H groups in total. The first-order chi connectivity index (χ1) is 13.1. The van der Waals surface area contributed by atoms with Gasteiger partial charge in [-0.15, -0.1) is 0 Å².